The van der Waals surface area contributed by atoms with Gasteiger partial charge in [0.25, 0.3) is 0 Å². The number of esters is 1. The van der Waals surface area contributed by atoms with Crippen molar-refractivity contribution < 1.29 is 37.3 Å². The molecule has 10 heteroatoms. The van der Waals surface area contributed by atoms with Crippen molar-refractivity contribution >= 4 is 19.7 Å². The van der Waals surface area contributed by atoms with Crippen molar-refractivity contribution in [3.05, 3.63) is 36.5 Å². The molecular weight excluding hydrogens is 1040 g/mol. The molecule has 0 bridgehead atoms. The van der Waals surface area contributed by atoms with Crippen molar-refractivity contribution in [1.82, 2.24) is 5.32 Å². The highest BCUT2D eigenvalue weighted by Crippen LogP contribution is 2.43. The minimum atomic E-state index is -4.45. The second-order valence-corrected chi connectivity index (χ2v) is 27.2. The summed E-state index contributed by atoms with van der Waals surface area (Å²) in [5.41, 5.74) is 0. The number of allylic oxidation sites excluding steroid dienone is 5. The number of nitrogens with one attached hydrogen (secondary N) is 1. The maximum atomic E-state index is 13.6. The third-order valence-corrected chi connectivity index (χ3v) is 17.3. The van der Waals surface area contributed by atoms with Crippen LogP contribution in [0.5, 0.6) is 0 Å². The van der Waals surface area contributed by atoms with Crippen molar-refractivity contribution in [3.63, 3.8) is 0 Å². The van der Waals surface area contributed by atoms with Gasteiger partial charge < -0.3 is 19.4 Å². The number of nitrogens with zero attached hydrogens (tertiary/aromatic N) is 1. The fourth-order valence-corrected chi connectivity index (χ4v) is 11.5. The van der Waals surface area contributed by atoms with Crippen LogP contribution in [0.15, 0.2) is 36.5 Å². The van der Waals surface area contributed by atoms with Crippen molar-refractivity contribution in [2.75, 3.05) is 40.9 Å². The van der Waals surface area contributed by atoms with E-state index in [0.29, 0.717) is 23.9 Å². The average Bonchev–Trinajstić information content (AvgIpc) is 3.47. The van der Waals surface area contributed by atoms with Crippen LogP contribution < -0.4 is 5.32 Å². The van der Waals surface area contributed by atoms with Crippen LogP contribution >= 0.6 is 7.82 Å². The molecule has 484 valence electrons. The predicted octanol–water partition coefficient (Wildman–Crippen LogP) is 22.6. The van der Waals surface area contributed by atoms with Crippen LogP contribution in [0.1, 0.15) is 361 Å². The number of carbonyl (C=O) groups is 2. The van der Waals surface area contributed by atoms with E-state index in [-0.39, 0.29) is 25.1 Å². The van der Waals surface area contributed by atoms with Crippen molar-refractivity contribution in [2.24, 2.45) is 0 Å². The van der Waals surface area contributed by atoms with Gasteiger partial charge in [0.2, 0.25) is 5.91 Å². The Kier molecular flexibility index (Phi) is 60.9. The summed E-state index contributed by atoms with van der Waals surface area (Å²) in [6.45, 7) is 7.06. The minimum absolute atomic E-state index is 0.0422. The van der Waals surface area contributed by atoms with Crippen molar-refractivity contribution in [2.45, 2.75) is 373 Å². The molecule has 0 aliphatic heterocycles. The smallest absolute Gasteiger partial charge is 0.456 e. The summed E-state index contributed by atoms with van der Waals surface area (Å²) in [7, 11) is 1.51. The summed E-state index contributed by atoms with van der Waals surface area (Å²) in [5.74, 6) is -0.492. The third kappa shape index (κ3) is 62.8. The lowest BCUT2D eigenvalue weighted by molar-refractivity contribution is -0.870. The number of rotatable bonds is 66. The summed E-state index contributed by atoms with van der Waals surface area (Å²) in [6, 6.07) is -0.847. The van der Waals surface area contributed by atoms with Gasteiger partial charge in [0.15, 0.2) is 0 Å². The first-order valence-corrected chi connectivity index (χ1v) is 37.3. The highest BCUT2D eigenvalue weighted by Gasteiger charge is 2.30. The Bertz CT molecular complexity index is 1500. The maximum absolute atomic E-state index is 13.6. The van der Waals surface area contributed by atoms with E-state index in [1.165, 1.54) is 270 Å². The van der Waals surface area contributed by atoms with E-state index in [4.69, 9.17) is 13.8 Å². The van der Waals surface area contributed by atoms with E-state index >= 15 is 0 Å². The van der Waals surface area contributed by atoms with Crippen molar-refractivity contribution in [3.8, 4) is 0 Å². The van der Waals surface area contributed by atoms with Gasteiger partial charge in [-0.15, -0.1) is 0 Å². The summed E-state index contributed by atoms with van der Waals surface area (Å²) >= 11 is 0. The van der Waals surface area contributed by atoms with Crippen LogP contribution in [0.25, 0.3) is 0 Å². The molecule has 0 heterocycles. The molecule has 2 N–H and O–H groups in total. The Morgan fingerprint density at radius 2 is 0.707 bits per heavy atom. The van der Waals surface area contributed by atoms with Crippen LogP contribution in [0, 0.1) is 0 Å². The highest BCUT2D eigenvalue weighted by molar-refractivity contribution is 7.47. The first-order valence-electron chi connectivity index (χ1n) is 35.8. The molecule has 82 heavy (non-hydrogen) atoms. The van der Waals surface area contributed by atoms with Gasteiger partial charge in [0.05, 0.1) is 33.8 Å². The zero-order valence-corrected chi connectivity index (χ0v) is 56.4. The van der Waals surface area contributed by atoms with Gasteiger partial charge in [-0.25, -0.2) is 4.57 Å². The summed E-state index contributed by atoms with van der Waals surface area (Å²) < 4.78 is 30.8. The van der Waals surface area contributed by atoms with Crippen LogP contribution in [0.2, 0.25) is 0 Å². The molecule has 0 fully saturated rings. The molecule has 0 aromatic heterocycles. The number of hydrogen-bond acceptors (Lipinski definition) is 6. The SMILES string of the molecule is CCCCCCCC/C=C/CCCCCCCCCCCCCCCCCCCC(=O)NC(COP(=O)(O)OCC[N+](C)(C)C)C(/C=C\CCCCCCCCCCCC)OC(=O)CCCCCCCCC/C=C/CCCCCCCC. The molecule has 0 saturated carbocycles. The molecule has 9 nitrogen and oxygen atoms in total. The third-order valence-electron chi connectivity index (χ3n) is 16.3. The Morgan fingerprint density at radius 3 is 1.04 bits per heavy atom. The quantitative estimate of drug-likeness (QED) is 0.0205. The maximum Gasteiger partial charge on any atom is 0.472 e. The Morgan fingerprint density at radius 1 is 0.415 bits per heavy atom. The number of likely N-dealkylation sites (N-methyl/N-ethyl adjacent to an activating group) is 1. The standard InChI is InChI=1S/C72H139N2O7P/c1-7-10-13-16-19-22-25-28-30-32-33-34-35-36-37-38-39-40-41-43-44-46-49-52-55-58-61-64-71(75)73-69(68-80-82(77,78)79-67-66-74(4,5)6)70(63-60-57-54-51-48-27-24-21-18-15-12-9-3)81-72(76)65-62-59-56-53-50-47-45-42-31-29-26-23-20-17-14-11-8-2/h28-31,60,63,69-70H,7-27,32-59,61-62,64-68H2,1-6H3,(H-,73,75,77,78)/p+1/b30-28+,31-29+,63-60-. The lowest BCUT2D eigenvalue weighted by Gasteiger charge is -2.27. The van der Waals surface area contributed by atoms with Gasteiger partial charge in [-0.05, 0) is 83.1 Å². The van der Waals surface area contributed by atoms with E-state index in [9.17, 15) is 19.0 Å². The number of hydrogen-bond donors (Lipinski definition) is 2. The number of unbranched alkanes of at least 4 members (excludes halogenated alkanes) is 46. The normalized spacial score (nSPS) is 13.7. The van der Waals surface area contributed by atoms with Crippen molar-refractivity contribution in [1.29, 1.82) is 0 Å². The molecule has 1 amide bonds. The predicted molar refractivity (Wildman–Crippen MR) is 356 cm³/mol. The van der Waals surface area contributed by atoms with Gasteiger partial charge in [-0.1, -0.05) is 302 Å². The van der Waals surface area contributed by atoms with Gasteiger partial charge in [0.1, 0.15) is 19.3 Å². The number of phosphoric ester groups is 1. The monoisotopic (exact) mass is 1180 g/mol. The topological polar surface area (TPSA) is 111 Å². The molecule has 0 radical (unpaired) electrons. The van der Waals surface area contributed by atoms with Crippen LogP contribution in [-0.4, -0.2) is 74.3 Å². The average molecular weight is 1180 g/mol. The fraction of sp³-hybridized carbons (Fsp3) is 0.889. The first-order chi connectivity index (χ1) is 39.9. The second kappa shape index (κ2) is 62.3. The van der Waals surface area contributed by atoms with Gasteiger partial charge in [-0.2, -0.15) is 0 Å². The molecule has 0 aromatic carbocycles. The lowest BCUT2D eigenvalue weighted by Crippen LogP contribution is -2.47. The summed E-state index contributed by atoms with van der Waals surface area (Å²) in [6.07, 6.45) is 77.3. The molecule has 0 spiro atoms. The van der Waals surface area contributed by atoms with E-state index in [1.54, 1.807) is 0 Å². The van der Waals surface area contributed by atoms with E-state index in [1.807, 2.05) is 33.3 Å². The van der Waals surface area contributed by atoms with Crippen LogP contribution in [-0.2, 0) is 27.9 Å². The number of ether oxygens (including phenoxy) is 1. The lowest BCUT2D eigenvalue weighted by atomic mass is 10.0. The van der Waals surface area contributed by atoms with E-state index < -0.39 is 20.0 Å². The number of amides is 1. The highest BCUT2D eigenvalue weighted by atomic mass is 31.2. The number of quaternary nitrogens is 1. The van der Waals surface area contributed by atoms with E-state index in [2.05, 4.69) is 50.4 Å². The molecule has 3 atom stereocenters. The second-order valence-electron chi connectivity index (χ2n) is 25.8. The Balaban J connectivity index is 4.98. The fourth-order valence-electron chi connectivity index (χ4n) is 10.8. The molecule has 3 unspecified atom stereocenters. The number of carbonyl (C=O) groups excluding carboxylic acids is 2. The van der Waals surface area contributed by atoms with Gasteiger partial charge in [-0.3, -0.25) is 18.6 Å². The zero-order valence-electron chi connectivity index (χ0n) is 55.5. The molecule has 0 aliphatic carbocycles. The molecule has 0 saturated heterocycles. The molecule has 0 rings (SSSR count). The summed E-state index contributed by atoms with van der Waals surface area (Å²) in [4.78, 5) is 37.9. The van der Waals surface area contributed by atoms with Crippen LogP contribution in [0.4, 0.5) is 0 Å². The van der Waals surface area contributed by atoms with Crippen LogP contribution in [0.3, 0.4) is 0 Å². The zero-order chi connectivity index (χ0) is 60.0. The molecule has 0 aromatic rings. The number of phosphoric acid groups is 1. The largest absolute Gasteiger partial charge is 0.472 e. The molecule has 0 aliphatic rings. The van der Waals surface area contributed by atoms with Gasteiger partial charge in [0, 0.05) is 12.8 Å². The first kappa shape index (κ1) is 80.2. The van der Waals surface area contributed by atoms with Gasteiger partial charge >= 0.3 is 13.8 Å². The minimum Gasteiger partial charge on any atom is -0.456 e. The molecular formula is C72H140N2O7P+. The summed E-state index contributed by atoms with van der Waals surface area (Å²) in [5, 5.41) is 3.08. The Hall–Kier alpha value is -1.77. The Labute approximate surface area is 510 Å². The van der Waals surface area contributed by atoms with E-state index in [0.717, 1.165) is 57.8 Å².